The van der Waals surface area contributed by atoms with Gasteiger partial charge in [0, 0.05) is 0 Å². The van der Waals surface area contributed by atoms with Crippen molar-refractivity contribution in [1.29, 1.82) is 0 Å². The van der Waals surface area contributed by atoms with E-state index in [1.807, 2.05) is 0 Å². The average molecular weight is 129 g/mol. The minimum absolute atomic E-state index is 0.247. The van der Waals surface area contributed by atoms with Gasteiger partial charge in [0.25, 0.3) is 0 Å². The summed E-state index contributed by atoms with van der Waals surface area (Å²) in [6.07, 6.45) is 3.90. The molecule has 9 heavy (non-hydrogen) atoms. The van der Waals surface area contributed by atoms with Gasteiger partial charge in [-0.15, -0.1) is 0 Å². The van der Waals surface area contributed by atoms with Gasteiger partial charge in [0.15, 0.2) is 0 Å². The summed E-state index contributed by atoms with van der Waals surface area (Å²) in [7, 11) is 0. The molecule has 0 aromatic rings. The van der Waals surface area contributed by atoms with Crippen LogP contribution in [-0.4, -0.2) is 22.4 Å². The molecule has 0 aliphatic heterocycles. The second kappa shape index (κ2) is 3.64. The van der Waals surface area contributed by atoms with Crippen LogP contribution in [0.3, 0.4) is 0 Å². The van der Waals surface area contributed by atoms with E-state index < -0.39 is 5.60 Å². The van der Waals surface area contributed by atoms with E-state index in [1.54, 1.807) is 19.1 Å². The van der Waals surface area contributed by atoms with Gasteiger partial charge in [-0.1, -0.05) is 12.2 Å². The Hall–Kier alpha value is -0.340. The molecule has 1 unspecified atom stereocenters. The molecule has 0 saturated carbocycles. The second-order valence-corrected chi connectivity index (χ2v) is 2.21. The molecule has 0 aliphatic carbocycles. The molecule has 2 N–H and O–H groups in total. The first-order valence-electron chi connectivity index (χ1n) is 2.92. The van der Waals surface area contributed by atoms with Crippen molar-refractivity contribution in [2.45, 2.75) is 18.9 Å². The summed E-state index contributed by atoms with van der Waals surface area (Å²) in [5.74, 6) is 0. The Kier molecular flexibility index (Phi) is 3.50. The van der Waals surface area contributed by atoms with Gasteiger partial charge in [0.05, 0.1) is 6.61 Å². The number of rotatable bonds is 3. The first kappa shape index (κ1) is 8.66. The number of hydrogen-bond acceptors (Lipinski definition) is 2. The van der Waals surface area contributed by atoms with Crippen molar-refractivity contribution in [3.05, 3.63) is 19.1 Å². The summed E-state index contributed by atoms with van der Waals surface area (Å²) in [5.41, 5.74) is -1.07. The van der Waals surface area contributed by atoms with E-state index in [9.17, 15) is 0 Å². The highest BCUT2D eigenvalue weighted by atomic mass is 16.3. The summed E-state index contributed by atoms with van der Waals surface area (Å²) in [6, 6.07) is 0. The topological polar surface area (TPSA) is 40.5 Å². The highest BCUT2D eigenvalue weighted by molar-refractivity contribution is 4.97. The summed E-state index contributed by atoms with van der Waals surface area (Å²) in [5, 5.41) is 17.6. The van der Waals surface area contributed by atoms with E-state index in [-0.39, 0.29) is 6.61 Å². The predicted molar refractivity (Wildman–Crippen MR) is 36.8 cm³/mol. The highest BCUT2D eigenvalue weighted by Gasteiger charge is 2.12. The highest BCUT2D eigenvalue weighted by Crippen LogP contribution is 2.03. The molecule has 2 heteroatoms. The molecular formula is C7H13O2. The van der Waals surface area contributed by atoms with Gasteiger partial charge < -0.3 is 10.2 Å². The Bertz CT molecular complexity index is 95.1. The third-order valence-corrected chi connectivity index (χ3v) is 0.964. The van der Waals surface area contributed by atoms with Crippen molar-refractivity contribution in [3.8, 4) is 0 Å². The molecule has 1 atom stereocenters. The van der Waals surface area contributed by atoms with Crippen molar-refractivity contribution in [2.75, 3.05) is 6.61 Å². The normalized spacial score (nSPS) is 18.2. The van der Waals surface area contributed by atoms with Crippen LogP contribution in [0.4, 0.5) is 0 Å². The summed E-state index contributed by atoms with van der Waals surface area (Å²) in [6.45, 7) is 4.84. The Balaban J connectivity index is 3.70. The number of aliphatic hydroxyl groups is 2. The van der Waals surface area contributed by atoms with Crippen LogP contribution in [-0.2, 0) is 0 Å². The van der Waals surface area contributed by atoms with E-state index in [0.29, 0.717) is 6.42 Å². The van der Waals surface area contributed by atoms with Crippen molar-refractivity contribution >= 4 is 0 Å². The number of aliphatic hydroxyl groups excluding tert-OH is 1. The zero-order valence-electron chi connectivity index (χ0n) is 5.67. The molecule has 0 saturated heterocycles. The molecule has 0 spiro atoms. The van der Waals surface area contributed by atoms with Crippen molar-refractivity contribution < 1.29 is 10.2 Å². The van der Waals surface area contributed by atoms with Crippen LogP contribution >= 0.6 is 0 Å². The molecule has 2 nitrogen and oxygen atoms in total. The zero-order valence-corrected chi connectivity index (χ0v) is 5.67. The molecule has 0 rings (SSSR count). The van der Waals surface area contributed by atoms with E-state index in [2.05, 4.69) is 6.92 Å². The van der Waals surface area contributed by atoms with Crippen LogP contribution < -0.4 is 0 Å². The number of hydrogen-bond donors (Lipinski definition) is 2. The fourth-order valence-corrected chi connectivity index (χ4v) is 0.390. The van der Waals surface area contributed by atoms with Crippen LogP contribution in [0.5, 0.6) is 0 Å². The molecule has 1 radical (unpaired) electrons. The largest absolute Gasteiger partial charge is 0.393 e. The first-order chi connectivity index (χ1) is 4.12. The molecule has 0 aliphatic rings. The SMILES string of the molecule is [CH2]CC=CC(C)(O)CO. The van der Waals surface area contributed by atoms with Gasteiger partial charge in [-0.2, -0.15) is 0 Å². The smallest absolute Gasteiger partial charge is 0.103 e. The Labute approximate surface area is 55.8 Å². The van der Waals surface area contributed by atoms with Crippen molar-refractivity contribution in [1.82, 2.24) is 0 Å². The van der Waals surface area contributed by atoms with Crippen LogP contribution in [0.2, 0.25) is 0 Å². The van der Waals surface area contributed by atoms with E-state index >= 15 is 0 Å². The molecule has 0 bridgehead atoms. The summed E-state index contributed by atoms with van der Waals surface area (Å²) in [4.78, 5) is 0. The van der Waals surface area contributed by atoms with Crippen LogP contribution in [0, 0.1) is 6.92 Å². The lowest BCUT2D eigenvalue weighted by atomic mass is 10.1. The predicted octanol–water partition coefficient (Wildman–Crippen LogP) is 0.510. The Morgan fingerprint density at radius 3 is 2.56 bits per heavy atom. The summed E-state index contributed by atoms with van der Waals surface area (Å²) < 4.78 is 0. The van der Waals surface area contributed by atoms with Gasteiger partial charge >= 0.3 is 0 Å². The third-order valence-electron chi connectivity index (χ3n) is 0.964. The lowest BCUT2D eigenvalue weighted by Crippen LogP contribution is -2.25. The minimum Gasteiger partial charge on any atom is -0.393 e. The van der Waals surface area contributed by atoms with Gasteiger partial charge in [-0.05, 0) is 20.3 Å². The van der Waals surface area contributed by atoms with Gasteiger partial charge in [-0.3, -0.25) is 0 Å². The average Bonchev–Trinajstić information content (AvgIpc) is 1.84. The zero-order chi connectivity index (χ0) is 7.33. The maximum atomic E-state index is 9.09. The van der Waals surface area contributed by atoms with Crippen LogP contribution in [0.15, 0.2) is 12.2 Å². The maximum Gasteiger partial charge on any atom is 0.103 e. The monoisotopic (exact) mass is 129 g/mol. The van der Waals surface area contributed by atoms with Gasteiger partial charge in [0.2, 0.25) is 0 Å². The fourth-order valence-electron chi connectivity index (χ4n) is 0.390. The maximum absolute atomic E-state index is 9.09. The van der Waals surface area contributed by atoms with E-state index in [0.717, 1.165) is 0 Å². The molecule has 0 aromatic heterocycles. The minimum atomic E-state index is -1.07. The summed E-state index contributed by atoms with van der Waals surface area (Å²) >= 11 is 0. The number of allylic oxidation sites excluding steroid dienone is 1. The van der Waals surface area contributed by atoms with Gasteiger partial charge in [-0.25, -0.2) is 0 Å². The standard InChI is InChI=1S/C7H13O2/c1-3-4-5-7(2,9)6-8/h4-5,8-9H,1,3,6H2,2H3. The molecule has 0 aromatic carbocycles. The van der Waals surface area contributed by atoms with Crippen LogP contribution in [0.1, 0.15) is 13.3 Å². The van der Waals surface area contributed by atoms with Gasteiger partial charge in [0.1, 0.15) is 5.60 Å². The first-order valence-corrected chi connectivity index (χ1v) is 2.92. The lowest BCUT2D eigenvalue weighted by Gasteiger charge is -2.13. The van der Waals surface area contributed by atoms with E-state index in [1.165, 1.54) is 0 Å². The molecule has 53 valence electrons. The fraction of sp³-hybridized carbons (Fsp3) is 0.571. The van der Waals surface area contributed by atoms with Crippen molar-refractivity contribution in [3.63, 3.8) is 0 Å². The molecule has 0 amide bonds. The lowest BCUT2D eigenvalue weighted by molar-refractivity contribution is 0.0433. The second-order valence-electron chi connectivity index (χ2n) is 2.21. The van der Waals surface area contributed by atoms with E-state index in [4.69, 9.17) is 10.2 Å². The molecular weight excluding hydrogens is 116 g/mol. The molecule has 0 fully saturated rings. The quantitative estimate of drug-likeness (QED) is 0.545. The third kappa shape index (κ3) is 4.18. The molecule has 0 heterocycles. The Morgan fingerprint density at radius 2 is 2.22 bits per heavy atom. The Morgan fingerprint density at radius 1 is 1.67 bits per heavy atom. The van der Waals surface area contributed by atoms with Crippen molar-refractivity contribution in [2.24, 2.45) is 0 Å². The van der Waals surface area contributed by atoms with Crippen LogP contribution in [0.25, 0.3) is 0 Å².